The lowest BCUT2D eigenvalue weighted by atomic mass is 10.2. The molecule has 0 saturated heterocycles. The van der Waals surface area contributed by atoms with Crippen molar-refractivity contribution in [1.29, 1.82) is 0 Å². The highest BCUT2D eigenvalue weighted by molar-refractivity contribution is 6.30. The van der Waals surface area contributed by atoms with Gasteiger partial charge in [-0.2, -0.15) is 5.11 Å². The van der Waals surface area contributed by atoms with Gasteiger partial charge in [0.25, 0.3) is 0 Å². The van der Waals surface area contributed by atoms with Gasteiger partial charge in [0.2, 0.25) is 0 Å². The average Bonchev–Trinajstić information content (AvgIpc) is 2.34. The van der Waals surface area contributed by atoms with Crippen LogP contribution in [0.3, 0.4) is 0 Å². The number of nitrogens with zero attached hydrogens (tertiary/aromatic N) is 4. The third kappa shape index (κ3) is 0.903. The van der Waals surface area contributed by atoms with Crippen molar-refractivity contribution >= 4 is 17.4 Å². The van der Waals surface area contributed by atoms with Crippen LogP contribution in [0.15, 0.2) is 16.6 Å². The molecule has 0 fully saturated rings. The lowest BCUT2D eigenvalue weighted by Crippen LogP contribution is -1.90. The Labute approximate surface area is 68.3 Å². The molecule has 1 aliphatic rings. The molecule has 11 heavy (non-hydrogen) atoms. The number of hydrogen-bond donors (Lipinski definition) is 0. The molecule has 1 unspecified atom stereocenters. The lowest BCUT2D eigenvalue weighted by Gasteiger charge is -1.99. The van der Waals surface area contributed by atoms with Gasteiger partial charge in [0, 0.05) is 0 Å². The molecule has 0 bridgehead atoms. The average molecular weight is 169 g/mol. The van der Waals surface area contributed by atoms with Gasteiger partial charge in [-0.05, 0) is 6.92 Å². The fourth-order valence-corrected chi connectivity index (χ4v) is 1.29. The number of rotatable bonds is 0. The van der Waals surface area contributed by atoms with E-state index in [-0.39, 0.29) is 6.04 Å². The minimum atomic E-state index is -0.00120. The van der Waals surface area contributed by atoms with Crippen molar-refractivity contribution in [2.75, 3.05) is 0 Å². The molecule has 1 aliphatic heterocycles. The Hall–Kier alpha value is -1.03. The first-order valence-corrected chi connectivity index (χ1v) is 3.58. The van der Waals surface area contributed by atoms with Crippen LogP contribution in [0, 0.1) is 0 Å². The molecule has 0 radical (unpaired) electrons. The largest absolute Gasteiger partial charge is 0.224 e. The Morgan fingerprint density at radius 3 is 3.00 bits per heavy atom. The van der Waals surface area contributed by atoms with Gasteiger partial charge in [-0.15, -0.1) is 5.11 Å². The van der Waals surface area contributed by atoms with E-state index < -0.39 is 0 Å². The van der Waals surface area contributed by atoms with Crippen LogP contribution in [0.1, 0.15) is 18.5 Å². The second-order valence-electron chi connectivity index (χ2n) is 2.29. The smallest absolute Gasteiger partial charge is 0.184 e. The summed E-state index contributed by atoms with van der Waals surface area (Å²) in [4.78, 5) is 7.75. The molecule has 1 aromatic rings. The molecule has 0 aromatic carbocycles. The van der Waals surface area contributed by atoms with E-state index in [9.17, 15) is 0 Å². The zero-order valence-corrected chi connectivity index (χ0v) is 6.58. The van der Waals surface area contributed by atoms with Crippen LogP contribution in [0.5, 0.6) is 0 Å². The molecular formula is C6H5ClN4. The standard InChI is InChI=1S/C6H5ClN4/c1-3-4-5(7)8-2-9-6(4)11-10-3/h2-3H,1H3. The van der Waals surface area contributed by atoms with Gasteiger partial charge in [-0.25, -0.2) is 9.97 Å². The molecule has 0 saturated carbocycles. The molecule has 2 heterocycles. The quantitative estimate of drug-likeness (QED) is 0.558. The van der Waals surface area contributed by atoms with E-state index in [2.05, 4.69) is 20.2 Å². The monoisotopic (exact) mass is 168 g/mol. The minimum Gasteiger partial charge on any atom is -0.224 e. The fraction of sp³-hybridized carbons (Fsp3) is 0.333. The van der Waals surface area contributed by atoms with Gasteiger partial charge in [-0.1, -0.05) is 11.6 Å². The molecule has 1 aromatic heterocycles. The predicted molar refractivity (Wildman–Crippen MR) is 40.0 cm³/mol. The van der Waals surface area contributed by atoms with Crippen LogP contribution in [-0.4, -0.2) is 9.97 Å². The Morgan fingerprint density at radius 1 is 1.45 bits per heavy atom. The highest BCUT2D eigenvalue weighted by Crippen LogP contribution is 2.36. The maximum atomic E-state index is 5.79. The molecule has 0 N–H and O–H groups in total. The van der Waals surface area contributed by atoms with E-state index in [0.29, 0.717) is 11.0 Å². The van der Waals surface area contributed by atoms with Crippen LogP contribution in [0.25, 0.3) is 0 Å². The topological polar surface area (TPSA) is 50.5 Å². The van der Waals surface area contributed by atoms with Gasteiger partial charge in [0.1, 0.15) is 17.5 Å². The molecule has 0 amide bonds. The summed E-state index contributed by atoms with van der Waals surface area (Å²) in [5.41, 5.74) is 0.828. The van der Waals surface area contributed by atoms with Crippen molar-refractivity contribution in [3.05, 3.63) is 17.0 Å². The number of fused-ring (bicyclic) bond motifs is 1. The molecule has 0 aliphatic carbocycles. The summed E-state index contributed by atoms with van der Waals surface area (Å²) in [6.45, 7) is 1.91. The first-order valence-electron chi connectivity index (χ1n) is 3.20. The highest BCUT2D eigenvalue weighted by atomic mass is 35.5. The maximum absolute atomic E-state index is 5.79. The third-order valence-corrected chi connectivity index (χ3v) is 1.86. The molecule has 5 heteroatoms. The normalized spacial score (nSPS) is 20.4. The molecule has 4 nitrogen and oxygen atoms in total. The highest BCUT2D eigenvalue weighted by Gasteiger charge is 2.20. The SMILES string of the molecule is CC1N=Nc2ncnc(Cl)c21. The van der Waals surface area contributed by atoms with Crippen LogP contribution in [0.2, 0.25) is 5.15 Å². The van der Waals surface area contributed by atoms with Gasteiger partial charge < -0.3 is 0 Å². The van der Waals surface area contributed by atoms with Gasteiger partial charge in [-0.3, -0.25) is 0 Å². The van der Waals surface area contributed by atoms with Crippen molar-refractivity contribution < 1.29 is 0 Å². The van der Waals surface area contributed by atoms with E-state index >= 15 is 0 Å². The third-order valence-electron chi connectivity index (χ3n) is 1.56. The van der Waals surface area contributed by atoms with Crippen LogP contribution >= 0.6 is 11.6 Å². The Morgan fingerprint density at radius 2 is 2.27 bits per heavy atom. The van der Waals surface area contributed by atoms with E-state index in [1.54, 1.807) is 0 Å². The Balaban J connectivity index is 2.65. The van der Waals surface area contributed by atoms with Crippen LogP contribution in [0.4, 0.5) is 5.82 Å². The lowest BCUT2D eigenvalue weighted by molar-refractivity contribution is 0.807. The summed E-state index contributed by atoms with van der Waals surface area (Å²) in [6.07, 6.45) is 1.39. The number of azo groups is 1. The van der Waals surface area contributed by atoms with Crippen molar-refractivity contribution in [2.24, 2.45) is 10.2 Å². The van der Waals surface area contributed by atoms with Gasteiger partial charge in [0.05, 0.1) is 5.56 Å². The molecule has 0 spiro atoms. The molecule has 2 rings (SSSR count). The van der Waals surface area contributed by atoms with E-state index in [0.717, 1.165) is 5.56 Å². The van der Waals surface area contributed by atoms with E-state index in [4.69, 9.17) is 11.6 Å². The molecule has 56 valence electrons. The first-order chi connectivity index (χ1) is 5.29. The van der Waals surface area contributed by atoms with Crippen molar-refractivity contribution in [2.45, 2.75) is 13.0 Å². The summed E-state index contributed by atoms with van der Waals surface area (Å²) in [6, 6.07) is -0.00120. The second-order valence-corrected chi connectivity index (χ2v) is 2.65. The van der Waals surface area contributed by atoms with Crippen molar-refractivity contribution in [1.82, 2.24) is 9.97 Å². The second kappa shape index (κ2) is 2.23. The summed E-state index contributed by atoms with van der Waals surface area (Å²) < 4.78 is 0. The van der Waals surface area contributed by atoms with Crippen LogP contribution < -0.4 is 0 Å². The maximum Gasteiger partial charge on any atom is 0.184 e. The predicted octanol–water partition coefficient (Wildman–Crippen LogP) is 2.29. The van der Waals surface area contributed by atoms with Crippen molar-refractivity contribution in [3.63, 3.8) is 0 Å². The van der Waals surface area contributed by atoms with E-state index in [1.807, 2.05) is 6.92 Å². The molecular weight excluding hydrogens is 164 g/mol. The zero-order chi connectivity index (χ0) is 7.84. The zero-order valence-electron chi connectivity index (χ0n) is 5.82. The van der Waals surface area contributed by atoms with Gasteiger partial charge in [0.15, 0.2) is 5.82 Å². The number of halogens is 1. The first kappa shape index (κ1) is 6.67. The summed E-state index contributed by atoms with van der Waals surface area (Å²) in [5, 5.41) is 8.18. The number of hydrogen-bond acceptors (Lipinski definition) is 4. The Kier molecular flexibility index (Phi) is 1.35. The van der Waals surface area contributed by atoms with E-state index in [1.165, 1.54) is 6.33 Å². The van der Waals surface area contributed by atoms with Crippen LogP contribution in [-0.2, 0) is 0 Å². The van der Waals surface area contributed by atoms with Gasteiger partial charge >= 0.3 is 0 Å². The van der Waals surface area contributed by atoms with Crippen molar-refractivity contribution in [3.8, 4) is 0 Å². The summed E-state index contributed by atoms with van der Waals surface area (Å²) in [5.74, 6) is 0.595. The minimum absolute atomic E-state index is 0.00120. The summed E-state index contributed by atoms with van der Waals surface area (Å²) >= 11 is 5.79. The molecule has 1 atom stereocenters. The summed E-state index contributed by atoms with van der Waals surface area (Å²) in [7, 11) is 0. The fourth-order valence-electron chi connectivity index (χ4n) is 1.00. The number of aromatic nitrogens is 2. The Bertz CT molecular complexity index is 322.